The fourth-order valence-corrected chi connectivity index (χ4v) is 2.00. The van der Waals surface area contributed by atoms with Gasteiger partial charge in [0.2, 0.25) is 11.8 Å². The number of hydrogen-bond acceptors (Lipinski definition) is 5. The predicted molar refractivity (Wildman–Crippen MR) is 66.2 cm³/mol. The minimum absolute atomic E-state index is 0.0755. The standard InChI is InChI=1S/C13H13FN2O4/c1-20-13(19)9-3-2-8(4-10(9)14)5-16-6-11(17)15-12(18)7-16/h2-4H,5-7H2,1H3,(H,15,17,18). The number of rotatable bonds is 3. The number of ether oxygens (including phenoxy) is 1. The Morgan fingerprint density at radius 3 is 2.55 bits per heavy atom. The van der Waals surface area contributed by atoms with E-state index in [0.29, 0.717) is 5.56 Å². The van der Waals surface area contributed by atoms with Crippen LogP contribution in [0, 0.1) is 5.82 Å². The van der Waals surface area contributed by atoms with Crippen molar-refractivity contribution < 1.29 is 23.5 Å². The molecule has 0 aromatic heterocycles. The zero-order valence-electron chi connectivity index (χ0n) is 10.8. The van der Waals surface area contributed by atoms with Crippen LogP contribution >= 0.6 is 0 Å². The Balaban J connectivity index is 2.10. The van der Waals surface area contributed by atoms with Gasteiger partial charge in [0.05, 0.1) is 25.8 Å². The summed E-state index contributed by atoms with van der Waals surface area (Å²) in [5, 5.41) is 2.18. The van der Waals surface area contributed by atoms with Crippen LogP contribution in [0.15, 0.2) is 18.2 Å². The number of imide groups is 1. The van der Waals surface area contributed by atoms with Crippen molar-refractivity contribution in [2.24, 2.45) is 0 Å². The van der Waals surface area contributed by atoms with Crippen LogP contribution in [0.1, 0.15) is 15.9 Å². The van der Waals surface area contributed by atoms with Crippen molar-refractivity contribution in [1.82, 2.24) is 10.2 Å². The highest BCUT2D eigenvalue weighted by atomic mass is 19.1. The summed E-state index contributed by atoms with van der Waals surface area (Å²) in [4.78, 5) is 35.3. The zero-order chi connectivity index (χ0) is 14.7. The lowest BCUT2D eigenvalue weighted by Crippen LogP contribution is -2.50. The monoisotopic (exact) mass is 280 g/mol. The second kappa shape index (κ2) is 5.79. The molecule has 7 heteroatoms. The molecule has 0 aliphatic carbocycles. The first-order valence-electron chi connectivity index (χ1n) is 5.91. The molecule has 2 rings (SSSR count). The maximum Gasteiger partial charge on any atom is 0.340 e. The molecular weight excluding hydrogens is 267 g/mol. The lowest BCUT2D eigenvalue weighted by Gasteiger charge is -2.25. The fraction of sp³-hybridized carbons (Fsp3) is 0.308. The molecule has 1 aromatic carbocycles. The highest BCUT2D eigenvalue weighted by Crippen LogP contribution is 2.14. The molecule has 0 unspecified atom stereocenters. The van der Waals surface area contributed by atoms with Crippen molar-refractivity contribution in [1.29, 1.82) is 0 Å². The first-order chi connectivity index (χ1) is 9.49. The number of benzene rings is 1. The van der Waals surface area contributed by atoms with E-state index in [1.54, 1.807) is 11.0 Å². The molecule has 1 aliphatic heterocycles. The van der Waals surface area contributed by atoms with Gasteiger partial charge in [-0.1, -0.05) is 6.07 Å². The number of carbonyl (C=O) groups excluding carboxylic acids is 3. The second-order valence-corrected chi connectivity index (χ2v) is 4.42. The van der Waals surface area contributed by atoms with Crippen LogP contribution in [-0.4, -0.2) is 42.9 Å². The molecule has 0 bridgehead atoms. The third kappa shape index (κ3) is 3.18. The Bertz CT molecular complexity index is 557. The number of nitrogens with zero attached hydrogens (tertiary/aromatic N) is 1. The normalized spacial score (nSPS) is 15.9. The molecule has 6 nitrogen and oxygen atoms in total. The summed E-state index contributed by atoms with van der Waals surface area (Å²) in [6, 6.07) is 4.08. The quantitative estimate of drug-likeness (QED) is 0.626. The smallest absolute Gasteiger partial charge is 0.340 e. The van der Waals surface area contributed by atoms with Gasteiger partial charge in [0, 0.05) is 6.54 Å². The molecule has 0 radical (unpaired) electrons. The number of piperazine rings is 1. The van der Waals surface area contributed by atoms with E-state index in [4.69, 9.17) is 0 Å². The number of amides is 2. The fourth-order valence-electron chi connectivity index (χ4n) is 2.00. The topological polar surface area (TPSA) is 75.7 Å². The number of methoxy groups -OCH3 is 1. The molecule has 20 heavy (non-hydrogen) atoms. The van der Waals surface area contributed by atoms with Crippen molar-refractivity contribution in [3.05, 3.63) is 35.1 Å². The van der Waals surface area contributed by atoms with E-state index in [2.05, 4.69) is 10.1 Å². The molecule has 1 fully saturated rings. The van der Waals surface area contributed by atoms with Gasteiger partial charge in [-0.15, -0.1) is 0 Å². The molecule has 0 spiro atoms. The molecule has 0 atom stereocenters. The van der Waals surface area contributed by atoms with Gasteiger partial charge in [0.15, 0.2) is 0 Å². The molecule has 2 amide bonds. The van der Waals surface area contributed by atoms with E-state index in [1.807, 2.05) is 0 Å². The van der Waals surface area contributed by atoms with Gasteiger partial charge in [-0.2, -0.15) is 0 Å². The molecule has 1 saturated heterocycles. The number of halogens is 1. The number of carbonyl (C=O) groups is 3. The van der Waals surface area contributed by atoms with Gasteiger partial charge in [0.1, 0.15) is 5.82 Å². The van der Waals surface area contributed by atoms with Gasteiger partial charge in [0.25, 0.3) is 0 Å². The average Bonchev–Trinajstić information content (AvgIpc) is 2.36. The Hall–Kier alpha value is -2.28. The summed E-state index contributed by atoms with van der Waals surface area (Å²) in [5.74, 6) is -2.20. The van der Waals surface area contributed by atoms with E-state index in [0.717, 1.165) is 0 Å². The van der Waals surface area contributed by atoms with Gasteiger partial charge in [-0.25, -0.2) is 9.18 Å². The van der Waals surface area contributed by atoms with Crippen molar-refractivity contribution in [2.45, 2.75) is 6.54 Å². The number of nitrogens with one attached hydrogen (secondary N) is 1. The van der Waals surface area contributed by atoms with E-state index < -0.39 is 11.8 Å². The van der Waals surface area contributed by atoms with E-state index in [-0.39, 0.29) is 37.0 Å². The van der Waals surface area contributed by atoms with E-state index in [1.165, 1.54) is 19.2 Å². The summed E-state index contributed by atoms with van der Waals surface area (Å²) in [7, 11) is 1.17. The zero-order valence-corrected chi connectivity index (χ0v) is 10.8. The van der Waals surface area contributed by atoms with Crippen molar-refractivity contribution in [3.8, 4) is 0 Å². The minimum Gasteiger partial charge on any atom is -0.465 e. The largest absolute Gasteiger partial charge is 0.465 e. The van der Waals surface area contributed by atoms with Crippen LogP contribution in [0.25, 0.3) is 0 Å². The van der Waals surface area contributed by atoms with Crippen molar-refractivity contribution in [2.75, 3.05) is 20.2 Å². The van der Waals surface area contributed by atoms with Crippen LogP contribution in [0.4, 0.5) is 4.39 Å². The van der Waals surface area contributed by atoms with Crippen LogP contribution in [-0.2, 0) is 20.9 Å². The first-order valence-corrected chi connectivity index (χ1v) is 5.91. The summed E-state index contributed by atoms with van der Waals surface area (Å²) < 4.78 is 18.2. The van der Waals surface area contributed by atoms with E-state index in [9.17, 15) is 18.8 Å². The molecular formula is C13H13FN2O4. The highest BCUT2D eigenvalue weighted by molar-refractivity contribution is 5.99. The SMILES string of the molecule is COC(=O)c1ccc(CN2CC(=O)NC(=O)C2)cc1F. The maximum atomic E-state index is 13.7. The summed E-state index contributed by atoms with van der Waals surface area (Å²) in [6.45, 7) is 0.399. The third-order valence-electron chi connectivity index (χ3n) is 2.86. The average molecular weight is 280 g/mol. The van der Waals surface area contributed by atoms with Crippen molar-refractivity contribution in [3.63, 3.8) is 0 Å². The molecule has 0 saturated carbocycles. The lowest BCUT2D eigenvalue weighted by atomic mass is 10.1. The van der Waals surface area contributed by atoms with Gasteiger partial charge < -0.3 is 4.74 Å². The summed E-state index contributed by atoms with van der Waals surface area (Å²) >= 11 is 0. The van der Waals surface area contributed by atoms with Gasteiger partial charge in [-0.3, -0.25) is 19.8 Å². The van der Waals surface area contributed by atoms with Crippen LogP contribution in [0.5, 0.6) is 0 Å². The van der Waals surface area contributed by atoms with Gasteiger partial charge >= 0.3 is 5.97 Å². The lowest BCUT2D eigenvalue weighted by molar-refractivity contribution is -0.136. The third-order valence-corrected chi connectivity index (χ3v) is 2.86. The molecule has 1 N–H and O–H groups in total. The molecule has 1 heterocycles. The molecule has 1 aliphatic rings. The Morgan fingerprint density at radius 1 is 1.35 bits per heavy atom. The van der Waals surface area contributed by atoms with Crippen LogP contribution in [0.2, 0.25) is 0 Å². The summed E-state index contributed by atoms with van der Waals surface area (Å²) in [5.41, 5.74) is 0.418. The Labute approximate surface area is 114 Å². The van der Waals surface area contributed by atoms with Gasteiger partial charge in [-0.05, 0) is 17.7 Å². The van der Waals surface area contributed by atoms with Crippen LogP contribution in [0.3, 0.4) is 0 Å². The van der Waals surface area contributed by atoms with Crippen LogP contribution < -0.4 is 5.32 Å². The Kier molecular flexibility index (Phi) is 4.09. The molecule has 106 valence electrons. The highest BCUT2D eigenvalue weighted by Gasteiger charge is 2.22. The number of esters is 1. The Morgan fingerprint density at radius 2 is 2.00 bits per heavy atom. The minimum atomic E-state index is -0.749. The van der Waals surface area contributed by atoms with E-state index >= 15 is 0 Å². The summed E-state index contributed by atoms with van der Waals surface area (Å²) in [6.07, 6.45) is 0. The number of hydrogen-bond donors (Lipinski definition) is 1. The second-order valence-electron chi connectivity index (χ2n) is 4.42. The molecule has 1 aromatic rings. The maximum absolute atomic E-state index is 13.7. The predicted octanol–water partition coefficient (Wildman–Crippen LogP) is 0.0707. The van der Waals surface area contributed by atoms with Crippen molar-refractivity contribution >= 4 is 17.8 Å². The first kappa shape index (κ1) is 14.1.